The van der Waals surface area contributed by atoms with E-state index in [1.54, 1.807) is 4.90 Å². The van der Waals surface area contributed by atoms with Crippen molar-refractivity contribution in [2.24, 2.45) is 5.92 Å². The molecule has 0 bridgehead atoms. The number of piperidine rings is 1. The molecule has 1 fully saturated rings. The van der Waals surface area contributed by atoms with Gasteiger partial charge >= 0.3 is 12.1 Å². The minimum absolute atomic E-state index is 0.142. The minimum atomic E-state index is -0.510. The molecule has 1 aliphatic rings. The van der Waals surface area contributed by atoms with E-state index >= 15 is 0 Å². The first kappa shape index (κ1) is 26.0. The van der Waals surface area contributed by atoms with Gasteiger partial charge < -0.3 is 24.3 Å². The molecule has 9 nitrogen and oxygen atoms in total. The largest absolute Gasteiger partial charge is 0.444 e. The van der Waals surface area contributed by atoms with Gasteiger partial charge in [-0.05, 0) is 78.9 Å². The molecule has 1 N–H and O–H groups in total. The van der Waals surface area contributed by atoms with Crippen molar-refractivity contribution < 1.29 is 18.7 Å². The van der Waals surface area contributed by atoms with E-state index in [0.717, 1.165) is 30.8 Å². The molecule has 0 radical (unpaired) electrons. The van der Waals surface area contributed by atoms with Crippen molar-refractivity contribution in [2.75, 3.05) is 31.1 Å². The van der Waals surface area contributed by atoms with Crippen LogP contribution in [-0.4, -0.2) is 58.9 Å². The zero-order valence-electron chi connectivity index (χ0n) is 21.1. The van der Waals surface area contributed by atoms with Crippen LogP contribution >= 0.6 is 11.3 Å². The molecule has 1 unspecified atom stereocenters. The van der Waals surface area contributed by atoms with Gasteiger partial charge in [0.1, 0.15) is 11.6 Å². The monoisotopic (exact) mass is 491 g/mol. The number of hydrogen-bond donors (Lipinski definition) is 1. The highest BCUT2D eigenvalue weighted by Crippen LogP contribution is 2.30. The summed E-state index contributed by atoms with van der Waals surface area (Å²) in [4.78, 5) is 30.8. The Hall–Kier alpha value is -2.62. The van der Waals surface area contributed by atoms with Crippen LogP contribution in [-0.2, 0) is 4.74 Å². The number of aromatic nitrogens is 2. The lowest BCUT2D eigenvalue weighted by Crippen LogP contribution is -2.42. The van der Waals surface area contributed by atoms with Gasteiger partial charge in [-0.1, -0.05) is 5.10 Å². The van der Waals surface area contributed by atoms with Gasteiger partial charge in [0.05, 0.1) is 4.88 Å². The fraction of sp³-hybridized carbons (Fsp3) is 0.667. The van der Waals surface area contributed by atoms with Gasteiger partial charge in [-0.15, -0.1) is 16.4 Å². The van der Waals surface area contributed by atoms with E-state index in [-0.39, 0.29) is 12.0 Å². The molecular weight excluding hydrogens is 454 g/mol. The third kappa shape index (κ3) is 6.94. The molecule has 34 heavy (non-hydrogen) atoms. The third-order valence-corrected chi connectivity index (χ3v) is 6.87. The number of aryl methyl sites for hydroxylation is 1. The predicted molar refractivity (Wildman–Crippen MR) is 132 cm³/mol. The molecule has 1 saturated heterocycles. The SMILES string of the molecule is CCN(CC)c1nnc(C(CC2CCN(C(=O)OC(C)(C)C)CC2)NC(=O)c2ccc(C)s2)o1. The highest BCUT2D eigenvalue weighted by Gasteiger charge is 2.31. The number of ether oxygens (including phenoxy) is 1. The van der Waals surface area contributed by atoms with E-state index in [1.165, 1.54) is 11.3 Å². The van der Waals surface area contributed by atoms with Gasteiger partial charge in [0.25, 0.3) is 5.91 Å². The summed E-state index contributed by atoms with van der Waals surface area (Å²) in [7, 11) is 0. The number of nitrogens with zero attached hydrogens (tertiary/aromatic N) is 4. The van der Waals surface area contributed by atoms with Crippen molar-refractivity contribution in [1.29, 1.82) is 0 Å². The fourth-order valence-corrected chi connectivity index (χ4v) is 4.78. The smallest absolute Gasteiger partial charge is 0.410 e. The summed E-state index contributed by atoms with van der Waals surface area (Å²) in [6, 6.07) is 3.84. The van der Waals surface area contributed by atoms with E-state index in [2.05, 4.69) is 15.5 Å². The Morgan fingerprint density at radius 2 is 1.91 bits per heavy atom. The summed E-state index contributed by atoms with van der Waals surface area (Å²) >= 11 is 1.46. The van der Waals surface area contributed by atoms with Crippen LogP contribution in [0.25, 0.3) is 0 Å². The first-order valence-corrected chi connectivity index (χ1v) is 12.8. The number of likely N-dealkylation sites (tertiary alicyclic amines) is 1. The van der Waals surface area contributed by atoms with Crippen molar-refractivity contribution in [3.63, 3.8) is 0 Å². The van der Waals surface area contributed by atoms with E-state index in [9.17, 15) is 9.59 Å². The number of amides is 2. The van der Waals surface area contributed by atoms with Crippen molar-refractivity contribution in [3.05, 3.63) is 27.8 Å². The van der Waals surface area contributed by atoms with Gasteiger partial charge in [0.2, 0.25) is 5.89 Å². The van der Waals surface area contributed by atoms with Crippen LogP contribution in [0.5, 0.6) is 0 Å². The summed E-state index contributed by atoms with van der Waals surface area (Å²) in [5.41, 5.74) is -0.510. The Bertz CT molecular complexity index is 955. The molecule has 2 aromatic heterocycles. The van der Waals surface area contributed by atoms with Crippen LogP contribution in [0.4, 0.5) is 10.8 Å². The molecular formula is C24H37N5O4S. The van der Waals surface area contributed by atoms with Crippen LogP contribution < -0.4 is 10.2 Å². The molecule has 0 spiro atoms. The molecule has 2 aromatic rings. The average Bonchev–Trinajstić information content (AvgIpc) is 3.43. The minimum Gasteiger partial charge on any atom is -0.444 e. The predicted octanol–water partition coefficient (Wildman–Crippen LogP) is 4.79. The Balaban J connectivity index is 1.69. The summed E-state index contributed by atoms with van der Waals surface area (Å²) in [5.74, 6) is 0.577. The number of nitrogens with one attached hydrogen (secondary N) is 1. The van der Waals surface area contributed by atoms with E-state index in [4.69, 9.17) is 9.15 Å². The maximum atomic E-state index is 12.9. The third-order valence-electron chi connectivity index (χ3n) is 5.87. The molecule has 0 aliphatic carbocycles. The van der Waals surface area contributed by atoms with Gasteiger partial charge in [-0.25, -0.2) is 4.79 Å². The summed E-state index contributed by atoms with van der Waals surface area (Å²) in [5, 5.41) is 11.6. The van der Waals surface area contributed by atoms with Crippen LogP contribution in [0.3, 0.4) is 0 Å². The van der Waals surface area contributed by atoms with Gasteiger partial charge in [0.15, 0.2) is 0 Å². The number of carbonyl (C=O) groups is 2. The van der Waals surface area contributed by atoms with Crippen molar-refractivity contribution in [2.45, 2.75) is 72.4 Å². The lowest BCUT2D eigenvalue weighted by molar-refractivity contribution is 0.0177. The Kier molecular flexibility index (Phi) is 8.57. The number of rotatable bonds is 8. The second-order valence-corrected chi connectivity index (χ2v) is 11.0. The first-order valence-electron chi connectivity index (χ1n) is 12.0. The second-order valence-electron chi connectivity index (χ2n) is 9.68. The molecule has 1 atom stereocenters. The number of carbonyl (C=O) groups excluding carboxylic acids is 2. The van der Waals surface area contributed by atoms with Crippen LogP contribution in [0.2, 0.25) is 0 Å². The topological polar surface area (TPSA) is 101 Å². The lowest BCUT2D eigenvalue weighted by atomic mass is 9.90. The Morgan fingerprint density at radius 1 is 1.24 bits per heavy atom. The van der Waals surface area contributed by atoms with Gasteiger partial charge in [0, 0.05) is 31.1 Å². The summed E-state index contributed by atoms with van der Waals surface area (Å²) in [6.07, 6.45) is 2.03. The quantitative estimate of drug-likeness (QED) is 0.566. The molecule has 3 heterocycles. The normalized spacial score (nSPS) is 15.8. The first-order chi connectivity index (χ1) is 16.1. The van der Waals surface area contributed by atoms with Gasteiger partial charge in [-0.3, -0.25) is 4.79 Å². The summed E-state index contributed by atoms with van der Waals surface area (Å²) < 4.78 is 11.5. The molecule has 0 saturated carbocycles. The number of hydrogen-bond acceptors (Lipinski definition) is 8. The van der Waals surface area contributed by atoms with Crippen LogP contribution in [0.1, 0.15) is 80.4 Å². The van der Waals surface area contributed by atoms with E-state index in [1.807, 2.05) is 58.6 Å². The molecule has 2 amide bonds. The number of thiophene rings is 1. The Labute approximate surface area is 205 Å². The molecule has 3 rings (SSSR count). The van der Waals surface area contributed by atoms with Crippen molar-refractivity contribution in [3.8, 4) is 0 Å². The highest BCUT2D eigenvalue weighted by molar-refractivity contribution is 7.13. The van der Waals surface area contributed by atoms with E-state index < -0.39 is 11.6 Å². The molecule has 1 aliphatic heterocycles. The molecule has 0 aromatic carbocycles. The van der Waals surface area contributed by atoms with E-state index in [0.29, 0.717) is 42.2 Å². The lowest BCUT2D eigenvalue weighted by Gasteiger charge is -2.34. The van der Waals surface area contributed by atoms with Crippen molar-refractivity contribution >= 4 is 29.4 Å². The second kappa shape index (κ2) is 11.2. The average molecular weight is 492 g/mol. The maximum absolute atomic E-state index is 12.9. The molecule has 188 valence electrons. The van der Waals surface area contributed by atoms with Crippen LogP contribution in [0.15, 0.2) is 16.5 Å². The Morgan fingerprint density at radius 3 is 2.47 bits per heavy atom. The summed E-state index contributed by atoms with van der Waals surface area (Å²) in [6.45, 7) is 14.4. The zero-order valence-corrected chi connectivity index (χ0v) is 21.9. The number of anilines is 1. The zero-order chi connectivity index (χ0) is 24.9. The van der Waals surface area contributed by atoms with Gasteiger partial charge in [-0.2, -0.15) is 0 Å². The highest BCUT2D eigenvalue weighted by atomic mass is 32.1. The molecule has 10 heteroatoms. The maximum Gasteiger partial charge on any atom is 0.410 e. The van der Waals surface area contributed by atoms with Crippen LogP contribution in [0, 0.1) is 12.8 Å². The fourth-order valence-electron chi connectivity index (χ4n) is 4.01. The van der Waals surface area contributed by atoms with Crippen molar-refractivity contribution in [1.82, 2.24) is 20.4 Å². The standard InChI is InChI=1S/C24H37N5O4S/c1-7-28(8-2)22-27-26-21(32-22)18(25-20(30)19-10-9-16(3)34-19)15-17-11-13-29(14-12-17)23(31)33-24(4,5)6/h9-10,17-18H,7-8,11-15H2,1-6H3,(H,25,30).